The van der Waals surface area contributed by atoms with Gasteiger partial charge in [0.2, 0.25) is 0 Å². The molecule has 32 heavy (non-hydrogen) atoms. The number of carbonyl (C=O) groups excluding carboxylic acids is 2. The zero-order chi connectivity index (χ0) is 22.8. The first-order valence-corrected chi connectivity index (χ1v) is 10.5. The smallest absolute Gasteiger partial charge is 0.305 e. The SMILES string of the molecule is CCOC(=O)CCC(Oc1cc(OCc2ccccc2)ccc1C(N)=O)c1ccccc1. The van der Waals surface area contributed by atoms with Crippen molar-refractivity contribution in [2.45, 2.75) is 32.5 Å². The van der Waals surface area contributed by atoms with Crippen LogP contribution < -0.4 is 15.2 Å². The van der Waals surface area contributed by atoms with Crippen LogP contribution in [0.25, 0.3) is 0 Å². The van der Waals surface area contributed by atoms with Crippen LogP contribution in [0.2, 0.25) is 0 Å². The van der Waals surface area contributed by atoms with Crippen LogP contribution in [0.3, 0.4) is 0 Å². The quantitative estimate of drug-likeness (QED) is 0.438. The van der Waals surface area contributed by atoms with E-state index in [2.05, 4.69) is 0 Å². The van der Waals surface area contributed by atoms with Crippen LogP contribution in [-0.4, -0.2) is 18.5 Å². The lowest BCUT2D eigenvalue weighted by molar-refractivity contribution is -0.143. The number of hydrogen-bond donors (Lipinski definition) is 1. The van der Waals surface area contributed by atoms with E-state index in [4.69, 9.17) is 19.9 Å². The molecule has 1 atom stereocenters. The highest BCUT2D eigenvalue weighted by Gasteiger charge is 2.20. The Balaban J connectivity index is 1.82. The molecule has 0 saturated heterocycles. The fourth-order valence-electron chi connectivity index (χ4n) is 3.23. The molecule has 0 bridgehead atoms. The van der Waals surface area contributed by atoms with Crippen LogP contribution >= 0.6 is 0 Å². The Hall–Kier alpha value is -3.80. The van der Waals surface area contributed by atoms with Crippen LogP contribution in [0.1, 0.15) is 47.4 Å². The fraction of sp³-hybridized carbons (Fsp3) is 0.231. The van der Waals surface area contributed by atoms with Crippen molar-refractivity contribution in [2.75, 3.05) is 6.61 Å². The summed E-state index contributed by atoms with van der Waals surface area (Å²) in [6, 6.07) is 24.2. The van der Waals surface area contributed by atoms with E-state index in [1.165, 1.54) is 0 Å². The zero-order valence-electron chi connectivity index (χ0n) is 18.0. The summed E-state index contributed by atoms with van der Waals surface area (Å²) in [7, 11) is 0. The molecular formula is C26H27NO5. The molecule has 1 unspecified atom stereocenters. The van der Waals surface area contributed by atoms with E-state index in [-0.39, 0.29) is 18.0 Å². The number of amides is 1. The van der Waals surface area contributed by atoms with Gasteiger partial charge < -0.3 is 19.9 Å². The van der Waals surface area contributed by atoms with Gasteiger partial charge in [-0.1, -0.05) is 60.7 Å². The van der Waals surface area contributed by atoms with Gasteiger partial charge >= 0.3 is 5.97 Å². The molecule has 3 aromatic carbocycles. The molecule has 3 aromatic rings. The predicted octanol–water partition coefficient (Wildman–Crippen LogP) is 4.83. The van der Waals surface area contributed by atoms with Crippen molar-refractivity contribution in [2.24, 2.45) is 5.73 Å². The van der Waals surface area contributed by atoms with E-state index >= 15 is 0 Å². The van der Waals surface area contributed by atoms with Crippen LogP contribution in [0.15, 0.2) is 78.9 Å². The van der Waals surface area contributed by atoms with E-state index in [1.54, 1.807) is 25.1 Å². The van der Waals surface area contributed by atoms with Crippen molar-refractivity contribution in [3.63, 3.8) is 0 Å². The van der Waals surface area contributed by atoms with Crippen molar-refractivity contribution < 1.29 is 23.8 Å². The van der Waals surface area contributed by atoms with Gasteiger partial charge in [-0.3, -0.25) is 9.59 Å². The number of esters is 1. The van der Waals surface area contributed by atoms with E-state index in [9.17, 15) is 9.59 Å². The Labute approximate surface area is 187 Å². The largest absolute Gasteiger partial charge is 0.489 e. The van der Waals surface area contributed by atoms with Gasteiger partial charge in [-0.25, -0.2) is 0 Å². The first-order valence-electron chi connectivity index (χ1n) is 10.5. The maximum absolute atomic E-state index is 12.0. The molecule has 6 heteroatoms. The topological polar surface area (TPSA) is 87.8 Å². The highest BCUT2D eigenvalue weighted by Crippen LogP contribution is 2.32. The van der Waals surface area contributed by atoms with Crippen LogP contribution in [0, 0.1) is 0 Å². The summed E-state index contributed by atoms with van der Waals surface area (Å²) in [5.74, 6) is -0.0502. The van der Waals surface area contributed by atoms with Crippen molar-refractivity contribution in [1.82, 2.24) is 0 Å². The molecule has 166 valence electrons. The van der Waals surface area contributed by atoms with Crippen LogP contribution in [0.4, 0.5) is 0 Å². The van der Waals surface area contributed by atoms with Crippen LogP contribution in [0.5, 0.6) is 11.5 Å². The van der Waals surface area contributed by atoms with Gasteiger partial charge in [0.15, 0.2) is 0 Å². The van der Waals surface area contributed by atoms with Gasteiger partial charge in [-0.2, -0.15) is 0 Å². The molecule has 0 heterocycles. The number of primary amides is 1. The maximum atomic E-state index is 12.0. The Morgan fingerprint density at radius 3 is 2.28 bits per heavy atom. The first kappa shape index (κ1) is 22.9. The fourth-order valence-corrected chi connectivity index (χ4v) is 3.23. The summed E-state index contributed by atoms with van der Waals surface area (Å²) in [4.78, 5) is 23.9. The Kier molecular flexibility index (Phi) is 8.26. The van der Waals surface area contributed by atoms with Crippen LogP contribution in [-0.2, 0) is 16.1 Å². The molecule has 0 radical (unpaired) electrons. The molecule has 0 aliphatic heterocycles. The van der Waals surface area contributed by atoms with Gasteiger partial charge in [-0.05, 0) is 36.6 Å². The number of rotatable bonds is 11. The summed E-state index contributed by atoms with van der Waals surface area (Å²) in [5, 5.41) is 0. The summed E-state index contributed by atoms with van der Waals surface area (Å²) in [6.45, 7) is 2.46. The molecule has 0 spiro atoms. The standard InChI is InChI=1S/C26H27NO5/c1-2-30-25(28)16-15-23(20-11-7-4-8-12-20)32-24-17-21(13-14-22(24)26(27)29)31-18-19-9-5-3-6-10-19/h3-14,17,23H,2,15-16,18H2,1H3,(H2,27,29). The minimum Gasteiger partial charge on any atom is -0.489 e. The van der Waals surface area contributed by atoms with Crippen molar-refractivity contribution in [3.05, 3.63) is 95.6 Å². The normalized spacial score (nSPS) is 11.4. The third-order valence-electron chi connectivity index (χ3n) is 4.82. The molecule has 0 saturated carbocycles. The van der Waals surface area contributed by atoms with Gasteiger partial charge in [0.05, 0.1) is 12.2 Å². The van der Waals surface area contributed by atoms with E-state index < -0.39 is 12.0 Å². The average molecular weight is 434 g/mol. The third kappa shape index (κ3) is 6.60. The number of benzene rings is 3. The second-order valence-corrected chi connectivity index (χ2v) is 7.16. The Morgan fingerprint density at radius 1 is 0.938 bits per heavy atom. The summed E-state index contributed by atoms with van der Waals surface area (Å²) < 4.78 is 17.1. The molecule has 3 rings (SSSR count). The molecule has 0 aromatic heterocycles. The van der Waals surface area contributed by atoms with Gasteiger partial charge in [0.25, 0.3) is 5.91 Å². The highest BCUT2D eigenvalue weighted by molar-refractivity contribution is 5.95. The predicted molar refractivity (Wildman–Crippen MR) is 121 cm³/mol. The van der Waals surface area contributed by atoms with Crippen molar-refractivity contribution in [3.8, 4) is 11.5 Å². The number of hydrogen-bond acceptors (Lipinski definition) is 5. The number of carbonyl (C=O) groups is 2. The molecule has 1 amide bonds. The minimum atomic E-state index is -0.605. The summed E-state index contributed by atoms with van der Waals surface area (Å²) >= 11 is 0. The van der Waals surface area contributed by atoms with E-state index in [1.807, 2.05) is 60.7 Å². The van der Waals surface area contributed by atoms with Gasteiger partial charge in [0, 0.05) is 12.5 Å². The molecule has 0 fully saturated rings. The van der Waals surface area contributed by atoms with Crippen molar-refractivity contribution >= 4 is 11.9 Å². The van der Waals surface area contributed by atoms with E-state index in [0.29, 0.717) is 31.1 Å². The Bertz CT molecular complexity index is 1020. The van der Waals surface area contributed by atoms with E-state index in [0.717, 1.165) is 11.1 Å². The van der Waals surface area contributed by atoms with Crippen molar-refractivity contribution in [1.29, 1.82) is 0 Å². The Morgan fingerprint density at radius 2 is 1.62 bits per heavy atom. The lowest BCUT2D eigenvalue weighted by Gasteiger charge is -2.21. The molecule has 6 nitrogen and oxygen atoms in total. The summed E-state index contributed by atoms with van der Waals surface area (Å²) in [6.07, 6.45) is 0.0997. The van der Waals surface area contributed by atoms with Gasteiger partial charge in [0.1, 0.15) is 24.2 Å². The lowest BCUT2D eigenvalue weighted by Crippen LogP contribution is -2.16. The minimum absolute atomic E-state index is 0.184. The highest BCUT2D eigenvalue weighted by atomic mass is 16.5. The number of nitrogens with two attached hydrogens (primary N) is 1. The number of ether oxygens (including phenoxy) is 3. The maximum Gasteiger partial charge on any atom is 0.305 e. The first-order chi connectivity index (χ1) is 15.6. The third-order valence-corrected chi connectivity index (χ3v) is 4.82. The second kappa shape index (κ2) is 11.6. The second-order valence-electron chi connectivity index (χ2n) is 7.16. The molecule has 2 N–H and O–H groups in total. The molecule has 0 aliphatic carbocycles. The molecular weight excluding hydrogens is 406 g/mol. The zero-order valence-corrected chi connectivity index (χ0v) is 18.0. The monoisotopic (exact) mass is 433 g/mol. The summed E-state index contributed by atoms with van der Waals surface area (Å²) in [5.41, 5.74) is 7.71. The lowest BCUT2D eigenvalue weighted by atomic mass is 10.0. The average Bonchev–Trinajstić information content (AvgIpc) is 2.81. The van der Waals surface area contributed by atoms with Gasteiger partial charge in [-0.15, -0.1) is 0 Å². The molecule has 0 aliphatic rings.